The van der Waals surface area contributed by atoms with E-state index in [0.717, 1.165) is 9.13 Å². The zero-order valence-corrected chi connectivity index (χ0v) is 19.5. The van der Waals surface area contributed by atoms with Crippen molar-refractivity contribution in [1.82, 2.24) is 0 Å². The van der Waals surface area contributed by atoms with E-state index in [1.165, 1.54) is 20.3 Å². The number of carbonyl (C=O) groups excluding carboxylic acids is 1. The van der Waals surface area contributed by atoms with Gasteiger partial charge in [0.1, 0.15) is 6.79 Å². The summed E-state index contributed by atoms with van der Waals surface area (Å²) in [6.45, 7) is 6.07. The van der Waals surface area contributed by atoms with E-state index < -0.39 is 7.12 Å². The highest BCUT2D eigenvalue weighted by Crippen LogP contribution is 2.22. The Balaban J connectivity index is 0.000000254. The van der Waals surface area contributed by atoms with Gasteiger partial charge in [0.15, 0.2) is 0 Å². The normalized spacial score (nSPS) is 9.41. The average molecular weight is 586 g/mol. The number of benzene rings is 3. The molecule has 3 aromatic carbocycles. The molecule has 0 saturated carbocycles. The van der Waals surface area contributed by atoms with Crippen LogP contribution in [0.25, 0.3) is 11.1 Å². The maximum absolute atomic E-state index is 8.88. The van der Waals surface area contributed by atoms with Crippen LogP contribution in [0, 0.1) is 21.0 Å². The molecule has 0 atom stereocenters. The van der Waals surface area contributed by atoms with Crippen LogP contribution in [0.1, 0.15) is 11.1 Å². The van der Waals surface area contributed by atoms with Gasteiger partial charge in [0.25, 0.3) is 0 Å². The summed E-state index contributed by atoms with van der Waals surface area (Å²) >= 11 is 4.43. The van der Waals surface area contributed by atoms with Crippen molar-refractivity contribution >= 4 is 64.6 Å². The van der Waals surface area contributed by atoms with Crippen molar-refractivity contribution in [2.24, 2.45) is 0 Å². The lowest BCUT2D eigenvalue weighted by Gasteiger charge is -2.04. The molecular weight excluding hydrogens is 565 g/mol. The average Bonchev–Trinajstić information content (AvgIpc) is 2.68. The Labute approximate surface area is 188 Å². The Kier molecular flexibility index (Phi) is 10.8. The summed E-state index contributed by atoms with van der Waals surface area (Å²) in [7, 11) is -1.36. The number of hydrogen-bond donors (Lipinski definition) is 2. The smallest absolute Gasteiger partial charge is 0.423 e. The van der Waals surface area contributed by atoms with Crippen LogP contribution in [0.15, 0.2) is 66.7 Å². The zero-order chi connectivity index (χ0) is 20.4. The van der Waals surface area contributed by atoms with Crippen LogP contribution in [0.5, 0.6) is 0 Å². The second-order valence-corrected chi connectivity index (χ2v) is 8.05. The number of aryl methyl sites for hydroxylation is 2. The fourth-order valence-electron chi connectivity index (χ4n) is 2.32. The highest BCUT2D eigenvalue weighted by molar-refractivity contribution is 14.1. The van der Waals surface area contributed by atoms with Gasteiger partial charge in [0.05, 0.1) is 0 Å². The van der Waals surface area contributed by atoms with Gasteiger partial charge >= 0.3 is 7.12 Å². The molecule has 27 heavy (non-hydrogen) atoms. The summed E-state index contributed by atoms with van der Waals surface area (Å²) in [6, 6.07) is 22.6. The zero-order valence-electron chi connectivity index (χ0n) is 15.2. The molecule has 0 radical (unpaired) electrons. The van der Waals surface area contributed by atoms with E-state index in [0.29, 0.717) is 5.46 Å². The first kappa shape index (κ1) is 23.8. The Morgan fingerprint density at radius 2 is 1.37 bits per heavy atom. The molecule has 0 saturated heterocycles. The van der Waals surface area contributed by atoms with Gasteiger partial charge in [0, 0.05) is 7.14 Å². The number of hydrogen-bond acceptors (Lipinski definition) is 3. The molecule has 6 heteroatoms. The molecule has 0 heterocycles. The third-order valence-corrected chi connectivity index (χ3v) is 5.89. The molecule has 0 amide bonds. The lowest BCUT2D eigenvalue weighted by molar-refractivity contribution is -0.0979. The Morgan fingerprint density at radius 1 is 0.778 bits per heavy atom. The minimum absolute atomic E-state index is 0.575. The van der Waals surface area contributed by atoms with E-state index >= 15 is 0 Å². The second-order valence-electron chi connectivity index (χ2n) is 5.73. The van der Waals surface area contributed by atoms with Gasteiger partial charge in [-0.15, -0.1) is 0 Å². The van der Waals surface area contributed by atoms with Gasteiger partial charge < -0.3 is 14.8 Å². The van der Waals surface area contributed by atoms with Crippen molar-refractivity contribution in [3.05, 3.63) is 85.0 Å². The first-order valence-corrected chi connectivity index (χ1v) is 10.3. The van der Waals surface area contributed by atoms with Crippen LogP contribution >= 0.6 is 45.2 Å². The SMILES string of the molecule is C=O.Cc1cc(-c2ccccc2)ccc1I.Cc1ccc(I)c(B(O)O)c1. The van der Waals surface area contributed by atoms with Crippen molar-refractivity contribution in [1.29, 1.82) is 0 Å². The number of halogens is 2. The summed E-state index contributed by atoms with van der Waals surface area (Å²) < 4.78 is 2.20. The van der Waals surface area contributed by atoms with Gasteiger partial charge in [-0.2, -0.15) is 0 Å². The second kappa shape index (κ2) is 12.3. The van der Waals surface area contributed by atoms with Crippen molar-refractivity contribution in [3.63, 3.8) is 0 Å². The van der Waals surface area contributed by atoms with E-state index in [2.05, 4.69) is 94.6 Å². The van der Waals surface area contributed by atoms with Crippen LogP contribution in [-0.2, 0) is 4.79 Å². The summed E-state index contributed by atoms with van der Waals surface area (Å²) in [5.74, 6) is 0. The molecule has 3 rings (SSSR count). The van der Waals surface area contributed by atoms with Crippen LogP contribution < -0.4 is 5.46 Å². The topological polar surface area (TPSA) is 57.5 Å². The number of rotatable bonds is 2. The molecule has 0 unspecified atom stereocenters. The predicted octanol–water partition coefficient (Wildman–Crippen LogP) is 4.36. The van der Waals surface area contributed by atoms with E-state index in [1.54, 1.807) is 6.07 Å². The summed E-state index contributed by atoms with van der Waals surface area (Å²) in [5.41, 5.74) is 5.53. The van der Waals surface area contributed by atoms with Gasteiger partial charge in [-0.3, -0.25) is 0 Å². The maximum atomic E-state index is 8.88. The minimum atomic E-state index is -1.36. The fraction of sp³-hybridized carbons (Fsp3) is 0.0952. The third kappa shape index (κ3) is 7.73. The number of carbonyl (C=O) groups is 1. The molecular formula is C21H21BI2O3. The predicted molar refractivity (Wildman–Crippen MR) is 130 cm³/mol. The van der Waals surface area contributed by atoms with Crippen molar-refractivity contribution in [2.75, 3.05) is 0 Å². The monoisotopic (exact) mass is 586 g/mol. The third-order valence-electron chi connectivity index (χ3n) is 3.69. The van der Waals surface area contributed by atoms with Crippen molar-refractivity contribution in [2.45, 2.75) is 13.8 Å². The molecule has 3 aromatic rings. The molecule has 0 aliphatic heterocycles. The fourth-order valence-corrected chi connectivity index (χ4v) is 3.27. The van der Waals surface area contributed by atoms with Crippen molar-refractivity contribution in [3.8, 4) is 11.1 Å². The first-order valence-electron chi connectivity index (χ1n) is 8.11. The van der Waals surface area contributed by atoms with Gasteiger partial charge in [-0.1, -0.05) is 60.2 Å². The standard InChI is InChI=1S/C13H11I.C7H8BIO2.CH2O/c1-10-9-12(7-8-13(10)14)11-5-3-2-4-6-11;1-5-2-3-7(9)6(4-5)8(10)11;1-2/h2-9H,1H3;2-4,10-11H,1H3;1H2. The lowest BCUT2D eigenvalue weighted by Crippen LogP contribution is -2.32. The largest absolute Gasteiger partial charge is 0.489 e. The molecule has 3 nitrogen and oxygen atoms in total. The van der Waals surface area contributed by atoms with E-state index in [-0.39, 0.29) is 0 Å². The Bertz CT molecular complexity index is 855. The minimum Gasteiger partial charge on any atom is -0.423 e. The van der Waals surface area contributed by atoms with Gasteiger partial charge in [0.2, 0.25) is 0 Å². The molecule has 0 fully saturated rings. The molecule has 0 bridgehead atoms. The highest BCUT2D eigenvalue weighted by Gasteiger charge is 2.13. The van der Waals surface area contributed by atoms with E-state index in [1.807, 2.05) is 31.9 Å². The Morgan fingerprint density at radius 3 is 1.89 bits per heavy atom. The van der Waals surface area contributed by atoms with E-state index in [9.17, 15) is 0 Å². The van der Waals surface area contributed by atoms with Gasteiger partial charge in [-0.25, -0.2) is 0 Å². The van der Waals surface area contributed by atoms with Crippen LogP contribution in [0.4, 0.5) is 0 Å². The van der Waals surface area contributed by atoms with Crippen molar-refractivity contribution < 1.29 is 14.8 Å². The van der Waals surface area contributed by atoms with Gasteiger partial charge in [-0.05, 0) is 93.3 Å². The summed E-state index contributed by atoms with van der Waals surface area (Å²) in [6.07, 6.45) is 0. The first-order chi connectivity index (χ1) is 12.9. The molecule has 140 valence electrons. The van der Waals surface area contributed by atoms with Crippen LogP contribution in [-0.4, -0.2) is 24.0 Å². The highest BCUT2D eigenvalue weighted by atomic mass is 127. The van der Waals surface area contributed by atoms with E-state index in [4.69, 9.17) is 14.8 Å². The molecule has 0 aromatic heterocycles. The quantitative estimate of drug-likeness (QED) is 0.347. The van der Waals surface area contributed by atoms with Crippen LogP contribution in [0.3, 0.4) is 0 Å². The summed E-state index contributed by atoms with van der Waals surface area (Å²) in [4.78, 5) is 8.00. The molecule has 0 aliphatic carbocycles. The molecule has 2 N–H and O–H groups in total. The molecule has 0 aliphatic rings. The lowest BCUT2D eigenvalue weighted by atomic mass is 9.80. The maximum Gasteiger partial charge on any atom is 0.489 e. The Hall–Kier alpha value is -1.23. The summed E-state index contributed by atoms with van der Waals surface area (Å²) in [5, 5.41) is 17.8. The molecule has 0 spiro atoms. The van der Waals surface area contributed by atoms with Crippen LogP contribution in [0.2, 0.25) is 0 Å².